The number of anilines is 1. The van der Waals surface area contributed by atoms with E-state index in [4.69, 9.17) is 4.74 Å². The number of benzene rings is 1. The molecule has 0 aliphatic carbocycles. The monoisotopic (exact) mass is 347 g/mol. The number of ether oxygens (including phenoxy) is 1. The summed E-state index contributed by atoms with van der Waals surface area (Å²) in [6, 6.07) is 4.43. The second kappa shape index (κ2) is 6.70. The Balaban J connectivity index is 1.82. The van der Waals surface area contributed by atoms with Crippen LogP contribution in [0.2, 0.25) is 0 Å². The number of amides is 1. The third-order valence-electron chi connectivity index (χ3n) is 4.85. The molecule has 8 heteroatoms. The number of carbonyl (C=O) groups excluding carboxylic acids is 2. The SMILES string of the molecule is CC1CCCC(C)N1C(=O)CN1CC(=O)Oc2cc([N+](=O)[O-])ccc21. The number of likely N-dealkylation sites (tertiary alicyclic amines) is 1. The quantitative estimate of drug-likeness (QED) is 0.360. The van der Waals surface area contributed by atoms with Gasteiger partial charge in [0.2, 0.25) is 5.91 Å². The molecule has 1 aromatic rings. The number of fused-ring (bicyclic) bond motifs is 1. The van der Waals surface area contributed by atoms with Crippen LogP contribution in [-0.2, 0) is 9.59 Å². The van der Waals surface area contributed by atoms with Crippen molar-refractivity contribution in [3.05, 3.63) is 28.3 Å². The van der Waals surface area contributed by atoms with E-state index in [0.29, 0.717) is 5.69 Å². The minimum Gasteiger partial charge on any atom is -0.423 e. The second-order valence-electron chi connectivity index (χ2n) is 6.67. The molecule has 2 atom stereocenters. The fraction of sp³-hybridized carbons (Fsp3) is 0.529. The summed E-state index contributed by atoms with van der Waals surface area (Å²) in [7, 11) is 0. The molecule has 0 aromatic heterocycles. The minimum atomic E-state index is -0.546. The number of nitrogens with zero attached hydrogens (tertiary/aromatic N) is 3. The number of non-ortho nitro benzene ring substituents is 1. The van der Waals surface area contributed by atoms with Crippen molar-refractivity contribution >= 4 is 23.3 Å². The van der Waals surface area contributed by atoms with Gasteiger partial charge in [0.25, 0.3) is 5.69 Å². The Bertz CT molecular complexity index is 710. The number of carbonyl (C=O) groups is 2. The van der Waals surface area contributed by atoms with Gasteiger partial charge in [-0.25, -0.2) is 4.79 Å². The van der Waals surface area contributed by atoms with Gasteiger partial charge in [-0.1, -0.05) is 0 Å². The van der Waals surface area contributed by atoms with Gasteiger partial charge in [0.15, 0.2) is 5.75 Å². The smallest absolute Gasteiger partial charge is 0.331 e. The van der Waals surface area contributed by atoms with E-state index in [2.05, 4.69) is 0 Å². The van der Waals surface area contributed by atoms with Crippen LogP contribution in [-0.4, -0.2) is 46.9 Å². The van der Waals surface area contributed by atoms with Crippen LogP contribution in [0.15, 0.2) is 18.2 Å². The van der Waals surface area contributed by atoms with Crippen LogP contribution in [0.1, 0.15) is 33.1 Å². The Morgan fingerprint density at radius 3 is 2.64 bits per heavy atom. The molecule has 0 saturated carbocycles. The fourth-order valence-corrected chi connectivity index (χ4v) is 3.65. The van der Waals surface area contributed by atoms with Gasteiger partial charge in [-0.05, 0) is 39.2 Å². The highest BCUT2D eigenvalue weighted by atomic mass is 16.6. The molecule has 3 rings (SSSR count). The van der Waals surface area contributed by atoms with Crippen LogP contribution in [0.5, 0.6) is 5.75 Å². The van der Waals surface area contributed by atoms with E-state index in [0.717, 1.165) is 19.3 Å². The Hall–Kier alpha value is -2.64. The topological polar surface area (TPSA) is 93.0 Å². The number of nitro benzene ring substituents is 1. The molecular weight excluding hydrogens is 326 g/mol. The zero-order valence-corrected chi connectivity index (χ0v) is 14.3. The maximum Gasteiger partial charge on any atom is 0.331 e. The average molecular weight is 347 g/mol. The first-order valence-electron chi connectivity index (χ1n) is 8.42. The summed E-state index contributed by atoms with van der Waals surface area (Å²) in [5.41, 5.74) is 0.369. The number of esters is 1. The van der Waals surface area contributed by atoms with E-state index in [9.17, 15) is 19.7 Å². The predicted octanol–water partition coefficient (Wildman–Crippen LogP) is 2.11. The molecule has 1 aromatic carbocycles. The standard InChI is InChI=1S/C17H21N3O5/c1-11-4-3-5-12(2)19(11)16(21)9-18-10-17(22)25-15-8-13(20(23)24)6-7-14(15)18/h6-8,11-12H,3-5,9-10H2,1-2H3. The van der Waals surface area contributed by atoms with Crippen molar-refractivity contribution in [1.82, 2.24) is 4.90 Å². The van der Waals surface area contributed by atoms with Crippen molar-refractivity contribution in [3.63, 3.8) is 0 Å². The summed E-state index contributed by atoms with van der Waals surface area (Å²) in [6.45, 7) is 4.08. The van der Waals surface area contributed by atoms with E-state index in [1.54, 1.807) is 4.90 Å². The predicted molar refractivity (Wildman–Crippen MR) is 90.6 cm³/mol. The van der Waals surface area contributed by atoms with E-state index in [-0.39, 0.29) is 42.5 Å². The van der Waals surface area contributed by atoms with Crippen LogP contribution in [0, 0.1) is 10.1 Å². The summed E-state index contributed by atoms with van der Waals surface area (Å²) < 4.78 is 5.11. The second-order valence-corrected chi connectivity index (χ2v) is 6.67. The highest BCUT2D eigenvalue weighted by molar-refractivity contribution is 5.90. The molecule has 2 aliphatic heterocycles. The molecule has 134 valence electrons. The first-order valence-corrected chi connectivity index (χ1v) is 8.42. The van der Waals surface area contributed by atoms with E-state index in [1.807, 2.05) is 18.7 Å². The average Bonchev–Trinajstić information content (AvgIpc) is 2.53. The lowest BCUT2D eigenvalue weighted by Crippen LogP contribution is -2.52. The number of rotatable bonds is 3. The minimum absolute atomic E-state index is 0.0429. The summed E-state index contributed by atoms with van der Waals surface area (Å²) in [6.07, 6.45) is 3.05. The molecule has 0 N–H and O–H groups in total. The Kier molecular flexibility index (Phi) is 4.61. The van der Waals surface area contributed by atoms with Crippen molar-refractivity contribution in [2.45, 2.75) is 45.2 Å². The largest absolute Gasteiger partial charge is 0.423 e. The molecule has 1 amide bonds. The van der Waals surface area contributed by atoms with Crippen LogP contribution in [0.4, 0.5) is 11.4 Å². The van der Waals surface area contributed by atoms with E-state index in [1.165, 1.54) is 18.2 Å². The fourth-order valence-electron chi connectivity index (χ4n) is 3.65. The highest BCUT2D eigenvalue weighted by Gasteiger charge is 2.33. The molecule has 2 aliphatic rings. The van der Waals surface area contributed by atoms with Crippen LogP contribution < -0.4 is 9.64 Å². The summed E-state index contributed by atoms with van der Waals surface area (Å²) in [4.78, 5) is 38.5. The Morgan fingerprint density at radius 1 is 1.32 bits per heavy atom. The lowest BCUT2D eigenvalue weighted by atomic mass is 9.97. The van der Waals surface area contributed by atoms with Gasteiger partial charge in [-0.15, -0.1) is 0 Å². The molecule has 0 radical (unpaired) electrons. The molecule has 1 saturated heterocycles. The molecular formula is C17H21N3O5. The van der Waals surface area contributed by atoms with E-state index >= 15 is 0 Å². The van der Waals surface area contributed by atoms with Gasteiger partial charge in [-0.2, -0.15) is 0 Å². The molecule has 25 heavy (non-hydrogen) atoms. The summed E-state index contributed by atoms with van der Waals surface area (Å²) in [5.74, 6) is -0.447. The Morgan fingerprint density at radius 2 is 2.00 bits per heavy atom. The van der Waals surface area contributed by atoms with Crippen molar-refractivity contribution in [2.24, 2.45) is 0 Å². The van der Waals surface area contributed by atoms with Gasteiger partial charge in [0.05, 0.1) is 23.2 Å². The van der Waals surface area contributed by atoms with Gasteiger partial charge in [0, 0.05) is 18.2 Å². The lowest BCUT2D eigenvalue weighted by molar-refractivity contribution is -0.384. The van der Waals surface area contributed by atoms with Gasteiger partial charge >= 0.3 is 5.97 Å². The van der Waals surface area contributed by atoms with Crippen LogP contribution in [0.3, 0.4) is 0 Å². The molecule has 0 spiro atoms. The van der Waals surface area contributed by atoms with Crippen molar-refractivity contribution in [1.29, 1.82) is 0 Å². The maximum atomic E-state index is 12.8. The molecule has 8 nitrogen and oxygen atoms in total. The molecule has 0 bridgehead atoms. The van der Waals surface area contributed by atoms with Crippen LogP contribution in [0.25, 0.3) is 0 Å². The highest BCUT2D eigenvalue weighted by Crippen LogP contribution is 2.35. The first-order chi connectivity index (χ1) is 11.9. The third-order valence-corrected chi connectivity index (χ3v) is 4.85. The van der Waals surface area contributed by atoms with Gasteiger partial charge in [-0.3, -0.25) is 14.9 Å². The zero-order chi connectivity index (χ0) is 18.1. The molecule has 2 unspecified atom stereocenters. The van der Waals surface area contributed by atoms with E-state index < -0.39 is 10.9 Å². The Labute approximate surface area is 145 Å². The number of hydrogen-bond donors (Lipinski definition) is 0. The van der Waals surface area contributed by atoms with Crippen molar-refractivity contribution < 1.29 is 19.2 Å². The summed E-state index contributed by atoms with van der Waals surface area (Å²) in [5, 5.41) is 10.9. The number of hydrogen-bond acceptors (Lipinski definition) is 6. The third kappa shape index (κ3) is 3.42. The first kappa shape index (κ1) is 17.2. The number of piperidine rings is 1. The molecule has 2 heterocycles. The maximum absolute atomic E-state index is 12.8. The lowest BCUT2D eigenvalue weighted by Gasteiger charge is -2.40. The zero-order valence-electron chi connectivity index (χ0n) is 14.3. The van der Waals surface area contributed by atoms with Crippen molar-refractivity contribution in [2.75, 3.05) is 18.0 Å². The van der Waals surface area contributed by atoms with Gasteiger partial charge < -0.3 is 14.5 Å². The summed E-state index contributed by atoms with van der Waals surface area (Å²) >= 11 is 0. The normalized spacial score (nSPS) is 23.0. The van der Waals surface area contributed by atoms with Crippen molar-refractivity contribution in [3.8, 4) is 5.75 Å². The molecule has 1 fully saturated rings. The van der Waals surface area contributed by atoms with Crippen LogP contribution >= 0.6 is 0 Å². The van der Waals surface area contributed by atoms with Gasteiger partial charge in [0.1, 0.15) is 6.54 Å². The number of nitro groups is 1.